The predicted octanol–water partition coefficient (Wildman–Crippen LogP) is 2.72. The summed E-state index contributed by atoms with van der Waals surface area (Å²) in [7, 11) is 0. The molecule has 1 aliphatic rings. The Morgan fingerprint density at radius 3 is 2.94 bits per heavy atom. The first-order chi connectivity index (χ1) is 8.56. The molecule has 1 heterocycles. The van der Waals surface area contributed by atoms with Crippen molar-refractivity contribution in [1.29, 1.82) is 0 Å². The number of carboxylic acids is 1. The third-order valence-electron chi connectivity index (χ3n) is 3.24. The molecule has 3 heteroatoms. The molecule has 0 saturated carbocycles. The van der Waals surface area contributed by atoms with E-state index in [0.29, 0.717) is 12.5 Å². The summed E-state index contributed by atoms with van der Waals surface area (Å²) < 4.78 is 0. The van der Waals surface area contributed by atoms with Gasteiger partial charge in [-0.3, -0.25) is 0 Å². The summed E-state index contributed by atoms with van der Waals surface area (Å²) in [6.07, 6.45) is 2.40. The number of rotatable bonds is 3. The minimum atomic E-state index is -0.870. The number of carbonyl (C=O) groups is 1. The van der Waals surface area contributed by atoms with E-state index in [1.54, 1.807) is 0 Å². The Morgan fingerprint density at radius 2 is 2.22 bits per heavy atom. The summed E-state index contributed by atoms with van der Waals surface area (Å²) in [5.41, 5.74) is 3.49. The molecule has 0 fully saturated rings. The molecule has 96 valence electrons. The van der Waals surface area contributed by atoms with E-state index < -0.39 is 5.97 Å². The van der Waals surface area contributed by atoms with Crippen LogP contribution >= 0.6 is 0 Å². The van der Waals surface area contributed by atoms with Gasteiger partial charge in [0.15, 0.2) is 0 Å². The van der Waals surface area contributed by atoms with Crippen molar-refractivity contribution in [2.24, 2.45) is 5.92 Å². The van der Waals surface area contributed by atoms with E-state index >= 15 is 0 Å². The molecule has 3 nitrogen and oxygen atoms in total. The van der Waals surface area contributed by atoms with Crippen molar-refractivity contribution in [3.05, 3.63) is 41.5 Å². The van der Waals surface area contributed by atoms with Gasteiger partial charge in [-0.2, -0.15) is 0 Å². The van der Waals surface area contributed by atoms with Crippen LogP contribution in [0, 0.1) is 5.92 Å². The molecule has 1 N–H and O–H groups in total. The molecule has 0 bridgehead atoms. The number of benzene rings is 1. The molecule has 1 aromatic rings. The fourth-order valence-electron chi connectivity index (χ4n) is 2.61. The molecule has 0 aromatic heterocycles. The number of nitrogens with zero attached hydrogens (tertiary/aromatic N) is 1. The van der Waals surface area contributed by atoms with Crippen molar-refractivity contribution in [2.45, 2.75) is 20.3 Å². The number of para-hydroxylation sites is 1. The van der Waals surface area contributed by atoms with E-state index in [9.17, 15) is 4.79 Å². The van der Waals surface area contributed by atoms with Crippen molar-refractivity contribution in [2.75, 3.05) is 18.0 Å². The van der Waals surface area contributed by atoms with Gasteiger partial charge in [-0.1, -0.05) is 25.1 Å². The monoisotopic (exact) mass is 245 g/mol. The summed E-state index contributed by atoms with van der Waals surface area (Å²) in [5.74, 6) is -0.261. The normalized spacial score (nSPS) is 19.6. The highest BCUT2D eigenvalue weighted by molar-refractivity contribution is 5.80. The lowest BCUT2D eigenvalue weighted by atomic mass is 9.93. The van der Waals surface area contributed by atoms with E-state index in [1.807, 2.05) is 13.0 Å². The summed E-state index contributed by atoms with van der Waals surface area (Å²) in [6, 6.07) is 8.39. The maximum absolute atomic E-state index is 10.7. The van der Waals surface area contributed by atoms with E-state index in [1.165, 1.54) is 17.3 Å². The van der Waals surface area contributed by atoms with Crippen molar-refractivity contribution >= 4 is 11.7 Å². The van der Waals surface area contributed by atoms with Gasteiger partial charge in [-0.25, -0.2) is 4.79 Å². The first kappa shape index (κ1) is 12.7. The van der Waals surface area contributed by atoms with Gasteiger partial charge in [0.1, 0.15) is 0 Å². The second-order valence-electron chi connectivity index (χ2n) is 5.15. The maximum Gasteiger partial charge on any atom is 0.328 e. The number of fused-ring (bicyclic) bond motifs is 1. The zero-order chi connectivity index (χ0) is 13.1. The average Bonchev–Trinajstić information content (AvgIpc) is 2.27. The molecule has 0 aliphatic carbocycles. The molecule has 0 saturated heterocycles. The number of anilines is 1. The van der Waals surface area contributed by atoms with Crippen LogP contribution in [0.3, 0.4) is 0 Å². The molecule has 18 heavy (non-hydrogen) atoms. The van der Waals surface area contributed by atoms with Gasteiger partial charge in [-0.05, 0) is 36.5 Å². The minimum absolute atomic E-state index is 0.609. The molecule has 2 rings (SSSR count). The van der Waals surface area contributed by atoms with E-state index in [0.717, 1.165) is 18.5 Å². The Kier molecular flexibility index (Phi) is 3.70. The second kappa shape index (κ2) is 5.25. The number of aliphatic carboxylic acids is 1. The largest absolute Gasteiger partial charge is 0.478 e. The summed E-state index contributed by atoms with van der Waals surface area (Å²) in [4.78, 5) is 12.9. The summed E-state index contributed by atoms with van der Waals surface area (Å²) in [6.45, 7) is 5.78. The molecule has 0 spiro atoms. The lowest BCUT2D eigenvalue weighted by molar-refractivity contribution is -0.131. The fraction of sp³-hybridized carbons (Fsp3) is 0.400. The second-order valence-corrected chi connectivity index (χ2v) is 5.15. The van der Waals surface area contributed by atoms with Crippen LogP contribution in [0.2, 0.25) is 0 Å². The minimum Gasteiger partial charge on any atom is -0.478 e. The Morgan fingerprint density at radius 1 is 1.50 bits per heavy atom. The van der Waals surface area contributed by atoms with Crippen molar-refractivity contribution in [1.82, 2.24) is 0 Å². The van der Waals surface area contributed by atoms with Crippen LogP contribution in [0.15, 0.2) is 35.9 Å². The SMILES string of the molecule is CC(=CC(=O)O)CN1CC(C)Cc2ccccc21. The van der Waals surface area contributed by atoms with Crippen LogP contribution in [0.5, 0.6) is 0 Å². The number of hydrogen-bond donors (Lipinski definition) is 1. The zero-order valence-electron chi connectivity index (χ0n) is 10.9. The topological polar surface area (TPSA) is 40.5 Å². The highest BCUT2D eigenvalue weighted by atomic mass is 16.4. The standard InChI is InChI=1S/C15H19NO2/c1-11-7-13-5-3-4-6-14(13)16(9-11)10-12(2)8-15(17)18/h3-6,8,11H,7,9-10H2,1-2H3,(H,17,18). The summed E-state index contributed by atoms with van der Waals surface area (Å²) in [5, 5.41) is 8.77. The van der Waals surface area contributed by atoms with Crippen molar-refractivity contribution < 1.29 is 9.90 Å². The Labute approximate surface area is 108 Å². The van der Waals surface area contributed by atoms with Crippen LogP contribution in [-0.4, -0.2) is 24.2 Å². The van der Waals surface area contributed by atoms with Gasteiger partial charge in [0, 0.05) is 24.9 Å². The van der Waals surface area contributed by atoms with Crippen LogP contribution in [0.1, 0.15) is 19.4 Å². The maximum atomic E-state index is 10.7. The van der Waals surface area contributed by atoms with Crippen molar-refractivity contribution in [3.63, 3.8) is 0 Å². The van der Waals surface area contributed by atoms with E-state index in [-0.39, 0.29) is 0 Å². The van der Waals surface area contributed by atoms with Gasteiger partial charge in [-0.15, -0.1) is 0 Å². The van der Waals surface area contributed by atoms with Crippen LogP contribution < -0.4 is 4.90 Å². The Bertz CT molecular complexity index is 479. The first-order valence-corrected chi connectivity index (χ1v) is 6.29. The molecular formula is C15H19NO2. The molecular weight excluding hydrogens is 226 g/mol. The Hall–Kier alpha value is -1.77. The predicted molar refractivity (Wildman–Crippen MR) is 72.9 cm³/mol. The van der Waals surface area contributed by atoms with Gasteiger partial charge >= 0.3 is 5.97 Å². The lowest BCUT2D eigenvalue weighted by Gasteiger charge is -2.35. The molecule has 1 aromatic carbocycles. The molecule has 0 amide bonds. The average molecular weight is 245 g/mol. The smallest absolute Gasteiger partial charge is 0.328 e. The third kappa shape index (κ3) is 2.92. The van der Waals surface area contributed by atoms with E-state index in [4.69, 9.17) is 5.11 Å². The third-order valence-corrected chi connectivity index (χ3v) is 3.24. The van der Waals surface area contributed by atoms with Crippen LogP contribution in [0.4, 0.5) is 5.69 Å². The van der Waals surface area contributed by atoms with Gasteiger partial charge in [0.25, 0.3) is 0 Å². The molecule has 1 aliphatic heterocycles. The fourth-order valence-corrected chi connectivity index (χ4v) is 2.61. The van der Waals surface area contributed by atoms with Crippen molar-refractivity contribution in [3.8, 4) is 0 Å². The highest BCUT2D eigenvalue weighted by Gasteiger charge is 2.21. The lowest BCUT2D eigenvalue weighted by Crippen LogP contribution is -2.35. The van der Waals surface area contributed by atoms with Crippen LogP contribution in [0.25, 0.3) is 0 Å². The number of hydrogen-bond acceptors (Lipinski definition) is 2. The molecule has 1 atom stereocenters. The molecule has 1 unspecified atom stereocenters. The first-order valence-electron chi connectivity index (χ1n) is 6.29. The summed E-state index contributed by atoms with van der Waals surface area (Å²) >= 11 is 0. The van der Waals surface area contributed by atoms with Crippen LogP contribution in [-0.2, 0) is 11.2 Å². The molecule has 0 radical (unpaired) electrons. The van der Waals surface area contributed by atoms with E-state index in [2.05, 4.69) is 30.0 Å². The zero-order valence-corrected chi connectivity index (χ0v) is 10.9. The van der Waals surface area contributed by atoms with Gasteiger partial charge in [0.2, 0.25) is 0 Å². The Balaban J connectivity index is 2.21. The van der Waals surface area contributed by atoms with Gasteiger partial charge in [0.05, 0.1) is 0 Å². The highest BCUT2D eigenvalue weighted by Crippen LogP contribution is 2.29. The quantitative estimate of drug-likeness (QED) is 0.832. The van der Waals surface area contributed by atoms with Gasteiger partial charge < -0.3 is 10.0 Å². The number of carboxylic acid groups (broad SMARTS) is 1.